The lowest BCUT2D eigenvalue weighted by Crippen LogP contribution is -2.53. The molecule has 8 nitrogen and oxygen atoms in total. The van der Waals surface area contributed by atoms with Crippen molar-refractivity contribution >= 4 is 35.2 Å². The van der Waals surface area contributed by atoms with Crippen LogP contribution in [-0.2, 0) is 14.3 Å². The summed E-state index contributed by atoms with van der Waals surface area (Å²) in [6.45, 7) is 4.95. The molecule has 9 heteroatoms. The smallest absolute Gasteiger partial charge is 0.409 e. The van der Waals surface area contributed by atoms with E-state index < -0.39 is 0 Å². The largest absolute Gasteiger partial charge is 0.495 e. The maximum atomic E-state index is 12.6. The van der Waals surface area contributed by atoms with E-state index >= 15 is 0 Å². The third-order valence-electron chi connectivity index (χ3n) is 4.28. The minimum absolute atomic E-state index is 0.0998. The standard InChI is InChI=1S/C18H24ClN3O5/c1-4-27-18(25)21-9-7-20(8-10-21)17(24)12-22(13(2)23)14-5-6-16(26-3)15(19)11-14/h5-6,11H,4,7-10,12H2,1-3H3. The molecule has 148 valence electrons. The van der Waals surface area contributed by atoms with E-state index in [1.165, 1.54) is 18.9 Å². The highest BCUT2D eigenvalue weighted by atomic mass is 35.5. The lowest BCUT2D eigenvalue weighted by molar-refractivity contribution is -0.132. The molecule has 0 saturated carbocycles. The second-order valence-corrected chi connectivity index (χ2v) is 6.40. The Morgan fingerprint density at radius 2 is 1.78 bits per heavy atom. The molecule has 1 aromatic rings. The molecule has 1 aliphatic heterocycles. The van der Waals surface area contributed by atoms with Gasteiger partial charge in [0.25, 0.3) is 0 Å². The second-order valence-electron chi connectivity index (χ2n) is 5.99. The lowest BCUT2D eigenvalue weighted by Gasteiger charge is -2.35. The van der Waals surface area contributed by atoms with Gasteiger partial charge in [-0.1, -0.05) is 11.6 Å². The molecule has 0 aromatic heterocycles. The van der Waals surface area contributed by atoms with Gasteiger partial charge in [0.05, 0.1) is 18.7 Å². The van der Waals surface area contributed by atoms with Gasteiger partial charge in [-0.25, -0.2) is 4.79 Å². The molecule has 1 heterocycles. The van der Waals surface area contributed by atoms with Gasteiger partial charge in [0, 0.05) is 38.8 Å². The zero-order valence-corrected chi connectivity index (χ0v) is 16.5. The van der Waals surface area contributed by atoms with Gasteiger partial charge in [0.15, 0.2) is 0 Å². The molecule has 27 heavy (non-hydrogen) atoms. The van der Waals surface area contributed by atoms with E-state index in [0.29, 0.717) is 49.2 Å². The summed E-state index contributed by atoms with van der Waals surface area (Å²) < 4.78 is 10.1. The van der Waals surface area contributed by atoms with Gasteiger partial charge in [-0.2, -0.15) is 0 Å². The fourth-order valence-corrected chi connectivity index (χ4v) is 3.05. The van der Waals surface area contributed by atoms with E-state index in [2.05, 4.69) is 0 Å². The highest BCUT2D eigenvalue weighted by molar-refractivity contribution is 6.32. The Bertz CT molecular complexity index is 704. The van der Waals surface area contributed by atoms with Crippen LogP contribution in [0.4, 0.5) is 10.5 Å². The fraction of sp³-hybridized carbons (Fsp3) is 0.500. The molecule has 0 unspecified atom stereocenters. The third kappa shape index (κ3) is 5.26. The van der Waals surface area contributed by atoms with E-state index in [1.54, 1.807) is 34.9 Å². The number of ether oxygens (including phenoxy) is 2. The summed E-state index contributed by atoms with van der Waals surface area (Å²) in [5, 5.41) is 0.358. The van der Waals surface area contributed by atoms with Gasteiger partial charge in [0.2, 0.25) is 11.8 Å². The predicted molar refractivity (Wildman–Crippen MR) is 101 cm³/mol. The SMILES string of the molecule is CCOC(=O)N1CCN(C(=O)CN(C(C)=O)c2ccc(OC)c(Cl)c2)CC1. The summed E-state index contributed by atoms with van der Waals surface area (Å²) in [7, 11) is 1.50. The third-order valence-corrected chi connectivity index (χ3v) is 4.57. The summed E-state index contributed by atoms with van der Waals surface area (Å²) in [4.78, 5) is 41.0. The van der Waals surface area contributed by atoms with E-state index in [4.69, 9.17) is 21.1 Å². The summed E-state index contributed by atoms with van der Waals surface area (Å²) in [5.74, 6) is 0.0284. The van der Waals surface area contributed by atoms with E-state index in [1.807, 2.05) is 0 Å². The van der Waals surface area contributed by atoms with Crippen LogP contribution >= 0.6 is 11.6 Å². The van der Waals surface area contributed by atoms with Crippen LogP contribution in [0, 0.1) is 0 Å². The monoisotopic (exact) mass is 397 g/mol. The van der Waals surface area contributed by atoms with Crippen molar-refractivity contribution in [1.29, 1.82) is 0 Å². The van der Waals surface area contributed by atoms with E-state index in [0.717, 1.165) is 0 Å². The number of benzene rings is 1. The lowest BCUT2D eigenvalue weighted by atomic mass is 10.2. The molecular formula is C18H24ClN3O5. The molecule has 0 atom stereocenters. The maximum Gasteiger partial charge on any atom is 0.409 e. The van der Waals surface area contributed by atoms with E-state index in [-0.39, 0.29) is 24.5 Å². The van der Waals surface area contributed by atoms with Crippen LogP contribution < -0.4 is 9.64 Å². The van der Waals surface area contributed by atoms with Crippen molar-refractivity contribution in [3.63, 3.8) is 0 Å². The van der Waals surface area contributed by atoms with Crippen molar-refractivity contribution < 1.29 is 23.9 Å². The molecule has 1 aromatic carbocycles. The Labute approximate surface area is 163 Å². The summed E-state index contributed by atoms with van der Waals surface area (Å²) in [6, 6.07) is 4.92. The van der Waals surface area contributed by atoms with Gasteiger partial charge in [-0.3, -0.25) is 9.59 Å². The molecule has 0 spiro atoms. The zero-order valence-electron chi connectivity index (χ0n) is 15.7. The van der Waals surface area contributed by atoms with Crippen LogP contribution in [-0.4, -0.2) is 74.1 Å². The second kappa shape index (κ2) is 9.45. The molecule has 2 rings (SSSR count). The number of hydrogen-bond donors (Lipinski definition) is 0. The first-order valence-electron chi connectivity index (χ1n) is 8.68. The minimum atomic E-state index is -0.372. The number of nitrogens with zero attached hydrogens (tertiary/aromatic N) is 3. The molecule has 1 aliphatic rings. The normalized spacial score (nSPS) is 13.9. The summed E-state index contributed by atoms with van der Waals surface area (Å²) >= 11 is 6.13. The maximum absolute atomic E-state index is 12.6. The number of methoxy groups -OCH3 is 1. The van der Waals surface area contributed by atoms with Crippen molar-refractivity contribution in [3.8, 4) is 5.75 Å². The highest BCUT2D eigenvalue weighted by Crippen LogP contribution is 2.29. The van der Waals surface area contributed by atoms with Gasteiger partial charge < -0.3 is 24.2 Å². The average molecular weight is 398 g/mol. The van der Waals surface area contributed by atoms with Gasteiger partial charge in [0.1, 0.15) is 12.3 Å². The first-order chi connectivity index (χ1) is 12.9. The molecule has 0 aliphatic carbocycles. The van der Waals surface area contributed by atoms with Gasteiger partial charge in [-0.15, -0.1) is 0 Å². The quantitative estimate of drug-likeness (QED) is 0.759. The molecule has 3 amide bonds. The molecule has 0 radical (unpaired) electrons. The van der Waals surface area contributed by atoms with Crippen molar-refractivity contribution in [2.75, 3.05) is 51.3 Å². The zero-order chi connectivity index (χ0) is 20.0. The molecule has 1 fully saturated rings. The Kier molecular flexibility index (Phi) is 7.29. The van der Waals surface area contributed by atoms with Crippen molar-refractivity contribution in [2.24, 2.45) is 0 Å². The average Bonchev–Trinajstić information content (AvgIpc) is 2.66. The Hall–Kier alpha value is -2.48. The van der Waals surface area contributed by atoms with Gasteiger partial charge in [-0.05, 0) is 25.1 Å². The Balaban J connectivity index is 2.01. The van der Waals surface area contributed by atoms with Crippen LogP contribution in [0.3, 0.4) is 0 Å². The Morgan fingerprint density at radius 1 is 1.15 bits per heavy atom. The number of anilines is 1. The fourth-order valence-electron chi connectivity index (χ4n) is 2.80. The number of carbonyl (C=O) groups is 3. The van der Waals surface area contributed by atoms with E-state index in [9.17, 15) is 14.4 Å². The minimum Gasteiger partial charge on any atom is -0.495 e. The number of halogens is 1. The number of piperazine rings is 1. The number of amides is 3. The number of rotatable bonds is 5. The molecule has 0 N–H and O–H groups in total. The molecular weight excluding hydrogens is 374 g/mol. The topological polar surface area (TPSA) is 79.4 Å². The summed E-state index contributed by atoms with van der Waals surface area (Å²) in [5.41, 5.74) is 0.520. The predicted octanol–water partition coefficient (Wildman–Crippen LogP) is 2.00. The Morgan fingerprint density at radius 3 is 2.30 bits per heavy atom. The first-order valence-corrected chi connectivity index (χ1v) is 9.06. The summed E-state index contributed by atoms with van der Waals surface area (Å²) in [6.07, 6.45) is -0.372. The number of hydrogen-bond acceptors (Lipinski definition) is 5. The first kappa shape index (κ1) is 20.8. The van der Waals surface area contributed by atoms with Crippen molar-refractivity contribution in [2.45, 2.75) is 13.8 Å². The van der Waals surface area contributed by atoms with Crippen molar-refractivity contribution in [3.05, 3.63) is 23.2 Å². The van der Waals surface area contributed by atoms with Gasteiger partial charge >= 0.3 is 6.09 Å². The highest BCUT2D eigenvalue weighted by Gasteiger charge is 2.27. The van der Waals surface area contributed by atoms with Crippen LogP contribution in [0.2, 0.25) is 5.02 Å². The molecule has 0 bridgehead atoms. The van der Waals surface area contributed by atoms with Crippen molar-refractivity contribution in [1.82, 2.24) is 9.80 Å². The van der Waals surface area contributed by atoms with Crippen LogP contribution in [0.5, 0.6) is 5.75 Å². The van der Waals surface area contributed by atoms with Crippen LogP contribution in [0.15, 0.2) is 18.2 Å². The van der Waals surface area contributed by atoms with Crippen LogP contribution in [0.25, 0.3) is 0 Å². The number of carbonyl (C=O) groups excluding carboxylic acids is 3. The van der Waals surface area contributed by atoms with Crippen LogP contribution in [0.1, 0.15) is 13.8 Å². The molecule has 1 saturated heterocycles.